The van der Waals surface area contributed by atoms with Gasteiger partial charge in [-0.1, -0.05) is 36.4 Å². The van der Waals surface area contributed by atoms with E-state index in [-0.39, 0.29) is 13.2 Å². The second-order valence-electron chi connectivity index (χ2n) is 4.59. The van der Waals surface area contributed by atoms with Gasteiger partial charge in [-0.3, -0.25) is 9.59 Å². The third kappa shape index (κ3) is 3.38. The summed E-state index contributed by atoms with van der Waals surface area (Å²) in [5, 5.41) is 13.4. The van der Waals surface area contributed by atoms with Crippen LogP contribution >= 0.6 is 0 Å². The Labute approximate surface area is 123 Å². The molecule has 0 aromatic heterocycles. The molecule has 2 N–H and O–H groups in total. The lowest BCUT2D eigenvalue weighted by Gasteiger charge is -2.19. The number of amides is 2. The highest BCUT2D eigenvalue weighted by molar-refractivity contribution is 6.40. The van der Waals surface area contributed by atoms with Gasteiger partial charge in [-0.2, -0.15) is 0 Å². The first-order valence-electron chi connectivity index (χ1n) is 6.86. The van der Waals surface area contributed by atoms with Crippen LogP contribution in [0.5, 0.6) is 0 Å². The first-order chi connectivity index (χ1) is 10.2. The number of likely N-dealkylation sites (N-methyl/N-ethyl adjacent to an activating group) is 1. The quantitative estimate of drug-likeness (QED) is 0.839. The molecule has 0 aliphatic heterocycles. The van der Waals surface area contributed by atoms with Gasteiger partial charge in [-0.25, -0.2) is 0 Å². The lowest BCUT2D eigenvalue weighted by atomic mass is 10.1. The molecule has 0 fully saturated rings. The van der Waals surface area contributed by atoms with Gasteiger partial charge >= 0.3 is 11.8 Å². The Morgan fingerprint density at radius 1 is 1.14 bits per heavy atom. The summed E-state index contributed by atoms with van der Waals surface area (Å²) in [4.78, 5) is 25.4. The summed E-state index contributed by atoms with van der Waals surface area (Å²) in [5.74, 6) is -1.33. The number of hydrogen-bond donors (Lipinski definition) is 2. The lowest BCUT2D eigenvalue weighted by Crippen LogP contribution is -2.41. The SMILES string of the molecule is CCN(CCO)C(=O)C(=O)Nc1cccc2ccccc12. The minimum atomic E-state index is -0.693. The van der Waals surface area contributed by atoms with Crippen molar-refractivity contribution in [3.8, 4) is 0 Å². The molecule has 2 aromatic carbocycles. The van der Waals surface area contributed by atoms with E-state index in [2.05, 4.69) is 5.32 Å². The van der Waals surface area contributed by atoms with Gasteiger partial charge in [0.1, 0.15) is 0 Å². The smallest absolute Gasteiger partial charge is 0.313 e. The normalized spacial score (nSPS) is 10.4. The summed E-state index contributed by atoms with van der Waals surface area (Å²) in [5.41, 5.74) is 0.603. The van der Waals surface area contributed by atoms with E-state index in [9.17, 15) is 9.59 Å². The highest BCUT2D eigenvalue weighted by atomic mass is 16.3. The van der Waals surface area contributed by atoms with Crippen molar-refractivity contribution >= 4 is 28.3 Å². The zero-order chi connectivity index (χ0) is 15.2. The number of aliphatic hydroxyl groups is 1. The topological polar surface area (TPSA) is 69.6 Å². The molecule has 110 valence electrons. The molecule has 0 saturated carbocycles. The standard InChI is InChI=1S/C16H18N2O3/c1-2-18(10-11-19)16(21)15(20)17-14-9-5-7-12-6-3-4-8-13(12)14/h3-9,19H,2,10-11H2,1H3,(H,17,20). The average molecular weight is 286 g/mol. The van der Waals surface area contributed by atoms with E-state index >= 15 is 0 Å². The number of hydrogen-bond acceptors (Lipinski definition) is 3. The summed E-state index contributed by atoms with van der Waals surface area (Å²) < 4.78 is 0. The molecule has 0 heterocycles. The first-order valence-corrected chi connectivity index (χ1v) is 6.86. The number of benzene rings is 2. The molecule has 0 bridgehead atoms. The van der Waals surface area contributed by atoms with E-state index in [1.54, 1.807) is 13.0 Å². The number of carbonyl (C=O) groups excluding carboxylic acids is 2. The van der Waals surface area contributed by atoms with Crippen LogP contribution in [0, 0.1) is 0 Å². The number of carbonyl (C=O) groups is 2. The van der Waals surface area contributed by atoms with Gasteiger partial charge in [0.25, 0.3) is 0 Å². The Bertz CT molecular complexity index is 650. The summed E-state index contributed by atoms with van der Waals surface area (Å²) >= 11 is 0. The maximum atomic E-state index is 12.0. The van der Waals surface area contributed by atoms with Crippen molar-refractivity contribution in [1.29, 1.82) is 0 Å². The van der Waals surface area contributed by atoms with E-state index in [0.717, 1.165) is 10.8 Å². The highest BCUT2D eigenvalue weighted by Crippen LogP contribution is 2.22. The number of fused-ring (bicyclic) bond motifs is 1. The van der Waals surface area contributed by atoms with Crippen molar-refractivity contribution < 1.29 is 14.7 Å². The molecule has 0 aliphatic carbocycles. The summed E-state index contributed by atoms with van der Waals surface area (Å²) in [6, 6.07) is 13.2. The number of rotatable bonds is 4. The second-order valence-corrected chi connectivity index (χ2v) is 4.59. The summed E-state index contributed by atoms with van der Waals surface area (Å²) in [7, 11) is 0. The molecule has 0 aliphatic rings. The van der Waals surface area contributed by atoms with Crippen LogP contribution in [0.25, 0.3) is 10.8 Å². The molecule has 5 heteroatoms. The van der Waals surface area contributed by atoms with Crippen LogP contribution in [-0.4, -0.2) is 41.5 Å². The van der Waals surface area contributed by atoms with Gasteiger partial charge < -0.3 is 15.3 Å². The molecular formula is C16H18N2O3. The summed E-state index contributed by atoms with van der Waals surface area (Å²) in [6.45, 7) is 2.13. The van der Waals surface area contributed by atoms with Crippen LogP contribution in [0.4, 0.5) is 5.69 Å². The molecule has 0 saturated heterocycles. The van der Waals surface area contributed by atoms with E-state index < -0.39 is 11.8 Å². The fraction of sp³-hybridized carbons (Fsp3) is 0.250. The molecule has 0 unspecified atom stereocenters. The zero-order valence-electron chi connectivity index (χ0n) is 11.9. The predicted molar refractivity (Wildman–Crippen MR) is 81.9 cm³/mol. The van der Waals surface area contributed by atoms with E-state index in [4.69, 9.17) is 5.11 Å². The average Bonchev–Trinajstić information content (AvgIpc) is 2.52. The van der Waals surface area contributed by atoms with Crippen LogP contribution in [0.15, 0.2) is 42.5 Å². The number of nitrogens with one attached hydrogen (secondary N) is 1. The van der Waals surface area contributed by atoms with Gasteiger partial charge in [0.2, 0.25) is 0 Å². The Morgan fingerprint density at radius 2 is 1.86 bits per heavy atom. The second kappa shape index (κ2) is 6.85. The van der Waals surface area contributed by atoms with E-state index in [1.165, 1.54) is 4.90 Å². The molecule has 0 radical (unpaired) electrons. The minimum absolute atomic E-state index is 0.151. The Kier molecular flexibility index (Phi) is 4.90. The maximum Gasteiger partial charge on any atom is 0.313 e. The highest BCUT2D eigenvalue weighted by Gasteiger charge is 2.20. The Balaban J connectivity index is 2.20. The van der Waals surface area contributed by atoms with Crippen LogP contribution in [-0.2, 0) is 9.59 Å². The van der Waals surface area contributed by atoms with Crippen molar-refractivity contribution in [3.63, 3.8) is 0 Å². The minimum Gasteiger partial charge on any atom is -0.395 e. The molecule has 2 amide bonds. The largest absolute Gasteiger partial charge is 0.395 e. The number of aliphatic hydroxyl groups excluding tert-OH is 1. The third-order valence-electron chi connectivity index (χ3n) is 3.27. The van der Waals surface area contributed by atoms with Crippen molar-refractivity contribution in [1.82, 2.24) is 4.90 Å². The van der Waals surface area contributed by atoms with Crippen LogP contribution in [0.3, 0.4) is 0 Å². The monoisotopic (exact) mass is 286 g/mol. The molecular weight excluding hydrogens is 268 g/mol. The van der Waals surface area contributed by atoms with Crippen LogP contribution in [0.2, 0.25) is 0 Å². The number of anilines is 1. The Hall–Kier alpha value is -2.40. The van der Waals surface area contributed by atoms with Crippen LogP contribution in [0.1, 0.15) is 6.92 Å². The third-order valence-corrected chi connectivity index (χ3v) is 3.27. The van der Waals surface area contributed by atoms with Gasteiger partial charge in [0, 0.05) is 24.2 Å². The predicted octanol–water partition coefficient (Wildman–Crippen LogP) is 1.62. The van der Waals surface area contributed by atoms with Crippen LogP contribution < -0.4 is 5.32 Å². The molecule has 0 spiro atoms. The fourth-order valence-electron chi connectivity index (χ4n) is 2.18. The van der Waals surface area contributed by atoms with Gasteiger partial charge in [-0.15, -0.1) is 0 Å². The van der Waals surface area contributed by atoms with Gasteiger partial charge in [0.15, 0.2) is 0 Å². The molecule has 2 rings (SSSR count). The van der Waals surface area contributed by atoms with E-state index in [0.29, 0.717) is 12.2 Å². The maximum absolute atomic E-state index is 12.0. The first kappa shape index (κ1) is 15.0. The van der Waals surface area contributed by atoms with Crippen molar-refractivity contribution in [2.75, 3.05) is 25.0 Å². The van der Waals surface area contributed by atoms with E-state index in [1.807, 2.05) is 36.4 Å². The zero-order valence-corrected chi connectivity index (χ0v) is 11.9. The number of nitrogens with zero attached hydrogens (tertiary/aromatic N) is 1. The molecule has 2 aromatic rings. The molecule has 0 atom stereocenters. The van der Waals surface area contributed by atoms with Crippen molar-refractivity contribution in [2.24, 2.45) is 0 Å². The van der Waals surface area contributed by atoms with Gasteiger partial charge in [-0.05, 0) is 18.4 Å². The fourth-order valence-corrected chi connectivity index (χ4v) is 2.18. The molecule has 5 nitrogen and oxygen atoms in total. The lowest BCUT2D eigenvalue weighted by molar-refractivity contribution is -0.143. The molecule has 21 heavy (non-hydrogen) atoms. The Morgan fingerprint density at radius 3 is 2.57 bits per heavy atom. The van der Waals surface area contributed by atoms with Gasteiger partial charge in [0.05, 0.1) is 6.61 Å². The van der Waals surface area contributed by atoms with Crippen molar-refractivity contribution in [3.05, 3.63) is 42.5 Å². The summed E-state index contributed by atoms with van der Waals surface area (Å²) in [6.07, 6.45) is 0. The van der Waals surface area contributed by atoms with Crippen molar-refractivity contribution in [2.45, 2.75) is 6.92 Å².